The first-order valence-electron chi connectivity index (χ1n) is 6.94. The summed E-state index contributed by atoms with van der Waals surface area (Å²) in [5.74, 6) is 0.493. The van der Waals surface area contributed by atoms with Crippen molar-refractivity contribution in [1.29, 1.82) is 0 Å². The lowest BCUT2D eigenvalue weighted by molar-refractivity contribution is -0.122. The molecule has 0 radical (unpaired) electrons. The maximum Gasteiger partial charge on any atom is 0.236 e. The van der Waals surface area contributed by atoms with Crippen LogP contribution in [0.15, 0.2) is 30.3 Å². The van der Waals surface area contributed by atoms with Gasteiger partial charge in [0.25, 0.3) is 0 Å². The number of amides is 1. The van der Waals surface area contributed by atoms with Gasteiger partial charge in [-0.25, -0.2) is 0 Å². The Kier molecular flexibility index (Phi) is 4.93. The van der Waals surface area contributed by atoms with Gasteiger partial charge in [0.1, 0.15) is 0 Å². The van der Waals surface area contributed by atoms with Crippen molar-refractivity contribution < 1.29 is 4.79 Å². The van der Waals surface area contributed by atoms with E-state index in [1.807, 2.05) is 6.07 Å². The monoisotopic (exact) mass is 261 g/mol. The average Bonchev–Trinajstić information content (AvgIpc) is 2.84. The van der Waals surface area contributed by atoms with Gasteiger partial charge in [0.2, 0.25) is 5.91 Å². The zero-order chi connectivity index (χ0) is 13.7. The SMILES string of the molecule is C[C@H](N)C(=O)NCC1CCN(Cc2ccccc2)C1. The number of likely N-dealkylation sites (tertiary alicyclic amines) is 1. The van der Waals surface area contributed by atoms with Crippen molar-refractivity contribution in [3.8, 4) is 0 Å². The number of nitrogens with zero attached hydrogens (tertiary/aromatic N) is 1. The van der Waals surface area contributed by atoms with Gasteiger partial charge in [0.05, 0.1) is 6.04 Å². The second-order valence-electron chi connectivity index (χ2n) is 5.41. The molecular formula is C15H23N3O. The molecule has 4 nitrogen and oxygen atoms in total. The quantitative estimate of drug-likeness (QED) is 0.830. The van der Waals surface area contributed by atoms with Crippen LogP contribution in [0.2, 0.25) is 0 Å². The van der Waals surface area contributed by atoms with E-state index in [0.717, 1.165) is 32.6 Å². The number of carbonyl (C=O) groups is 1. The van der Waals surface area contributed by atoms with Crippen LogP contribution in [0.5, 0.6) is 0 Å². The third kappa shape index (κ3) is 4.33. The molecule has 3 N–H and O–H groups in total. The van der Waals surface area contributed by atoms with Crippen molar-refractivity contribution in [1.82, 2.24) is 10.2 Å². The third-order valence-corrected chi connectivity index (χ3v) is 3.60. The highest BCUT2D eigenvalue weighted by atomic mass is 16.2. The summed E-state index contributed by atoms with van der Waals surface area (Å²) in [5.41, 5.74) is 6.88. The Bertz CT molecular complexity index is 405. The molecule has 0 aliphatic carbocycles. The molecule has 0 spiro atoms. The minimum Gasteiger partial charge on any atom is -0.354 e. The molecule has 104 valence electrons. The number of nitrogens with one attached hydrogen (secondary N) is 1. The van der Waals surface area contributed by atoms with E-state index in [2.05, 4.69) is 34.5 Å². The molecule has 19 heavy (non-hydrogen) atoms. The van der Waals surface area contributed by atoms with E-state index >= 15 is 0 Å². The van der Waals surface area contributed by atoms with E-state index in [1.54, 1.807) is 6.92 Å². The molecule has 1 saturated heterocycles. The Labute approximate surface area is 115 Å². The summed E-state index contributed by atoms with van der Waals surface area (Å²) in [6, 6.07) is 10.1. The van der Waals surface area contributed by atoms with E-state index in [1.165, 1.54) is 5.56 Å². The summed E-state index contributed by atoms with van der Waals surface area (Å²) in [6.45, 7) is 5.61. The molecule has 1 aromatic rings. The van der Waals surface area contributed by atoms with Gasteiger partial charge in [-0.05, 0) is 31.4 Å². The van der Waals surface area contributed by atoms with Gasteiger partial charge in [-0.15, -0.1) is 0 Å². The average molecular weight is 261 g/mol. The van der Waals surface area contributed by atoms with Gasteiger partial charge in [-0.2, -0.15) is 0 Å². The van der Waals surface area contributed by atoms with Crippen LogP contribution in [0, 0.1) is 5.92 Å². The molecule has 1 amide bonds. The molecule has 1 heterocycles. The Morgan fingerprint density at radius 1 is 1.47 bits per heavy atom. The Balaban J connectivity index is 1.73. The lowest BCUT2D eigenvalue weighted by Crippen LogP contribution is -2.40. The first-order chi connectivity index (χ1) is 9.15. The Morgan fingerprint density at radius 3 is 2.89 bits per heavy atom. The molecule has 4 heteroatoms. The molecule has 1 aromatic carbocycles. The fourth-order valence-electron chi connectivity index (χ4n) is 2.47. The van der Waals surface area contributed by atoms with Crippen LogP contribution in [0.1, 0.15) is 18.9 Å². The van der Waals surface area contributed by atoms with Gasteiger partial charge in [-0.3, -0.25) is 9.69 Å². The van der Waals surface area contributed by atoms with E-state index < -0.39 is 6.04 Å². The van der Waals surface area contributed by atoms with Crippen LogP contribution in [-0.4, -0.2) is 36.5 Å². The summed E-state index contributed by atoms with van der Waals surface area (Å²) in [7, 11) is 0. The molecule has 1 aliphatic heterocycles. The molecular weight excluding hydrogens is 238 g/mol. The zero-order valence-corrected chi connectivity index (χ0v) is 11.5. The molecule has 1 unspecified atom stereocenters. The van der Waals surface area contributed by atoms with Crippen molar-refractivity contribution in [2.75, 3.05) is 19.6 Å². The Hall–Kier alpha value is -1.39. The highest BCUT2D eigenvalue weighted by Crippen LogP contribution is 2.17. The van der Waals surface area contributed by atoms with Crippen LogP contribution < -0.4 is 11.1 Å². The highest BCUT2D eigenvalue weighted by molar-refractivity contribution is 5.80. The van der Waals surface area contributed by atoms with E-state index in [-0.39, 0.29) is 5.91 Å². The molecule has 0 aromatic heterocycles. The summed E-state index contributed by atoms with van der Waals surface area (Å²) in [4.78, 5) is 13.9. The maximum atomic E-state index is 11.4. The van der Waals surface area contributed by atoms with Crippen LogP contribution in [0.25, 0.3) is 0 Å². The normalized spacial score (nSPS) is 21.3. The Morgan fingerprint density at radius 2 is 2.21 bits per heavy atom. The lowest BCUT2D eigenvalue weighted by Gasteiger charge is -2.16. The van der Waals surface area contributed by atoms with E-state index in [4.69, 9.17) is 5.73 Å². The minimum absolute atomic E-state index is 0.0542. The fourth-order valence-corrected chi connectivity index (χ4v) is 2.47. The molecule has 0 saturated carbocycles. The first kappa shape index (κ1) is 14.0. The lowest BCUT2D eigenvalue weighted by atomic mass is 10.1. The van der Waals surface area contributed by atoms with Crippen LogP contribution in [0.4, 0.5) is 0 Å². The molecule has 0 bridgehead atoms. The van der Waals surface area contributed by atoms with Gasteiger partial charge >= 0.3 is 0 Å². The van der Waals surface area contributed by atoms with Crippen molar-refractivity contribution in [2.45, 2.75) is 25.9 Å². The molecule has 2 atom stereocenters. The fraction of sp³-hybridized carbons (Fsp3) is 0.533. The summed E-state index contributed by atoms with van der Waals surface area (Å²) in [6.07, 6.45) is 1.14. The van der Waals surface area contributed by atoms with Gasteiger partial charge in [-0.1, -0.05) is 30.3 Å². The molecule has 1 aliphatic rings. The largest absolute Gasteiger partial charge is 0.354 e. The van der Waals surface area contributed by atoms with Crippen LogP contribution >= 0.6 is 0 Å². The molecule has 1 fully saturated rings. The van der Waals surface area contributed by atoms with Crippen molar-refractivity contribution in [3.63, 3.8) is 0 Å². The van der Waals surface area contributed by atoms with Crippen LogP contribution in [0.3, 0.4) is 0 Å². The van der Waals surface area contributed by atoms with Crippen LogP contribution in [-0.2, 0) is 11.3 Å². The number of benzene rings is 1. The summed E-state index contributed by atoms with van der Waals surface area (Å²) in [5, 5.41) is 2.92. The predicted octanol–water partition coefficient (Wildman–Crippen LogP) is 0.972. The number of hydrogen-bond acceptors (Lipinski definition) is 3. The van der Waals surface area contributed by atoms with Gasteiger partial charge < -0.3 is 11.1 Å². The highest BCUT2D eigenvalue weighted by Gasteiger charge is 2.23. The van der Waals surface area contributed by atoms with Gasteiger partial charge in [0, 0.05) is 19.6 Å². The predicted molar refractivity (Wildman–Crippen MR) is 76.5 cm³/mol. The van der Waals surface area contributed by atoms with Crippen molar-refractivity contribution >= 4 is 5.91 Å². The zero-order valence-electron chi connectivity index (χ0n) is 11.5. The van der Waals surface area contributed by atoms with E-state index in [0.29, 0.717) is 5.92 Å². The number of rotatable bonds is 5. The summed E-state index contributed by atoms with van der Waals surface area (Å²) >= 11 is 0. The van der Waals surface area contributed by atoms with Crippen molar-refractivity contribution in [3.05, 3.63) is 35.9 Å². The third-order valence-electron chi connectivity index (χ3n) is 3.60. The standard InChI is InChI=1S/C15H23N3O/c1-12(16)15(19)17-9-14-7-8-18(11-14)10-13-5-3-2-4-6-13/h2-6,12,14H,7-11,16H2,1H3,(H,17,19)/t12-,14?/m0/s1. The number of nitrogens with two attached hydrogens (primary N) is 1. The first-order valence-corrected chi connectivity index (χ1v) is 6.94. The number of hydrogen-bond donors (Lipinski definition) is 2. The van der Waals surface area contributed by atoms with Crippen molar-refractivity contribution in [2.24, 2.45) is 11.7 Å². The topological polar surface area (TPSA) is 58.4 Å². The number of carbonyl (C=O) groups excluding carboxylic acids is 1. The second kappa shape index (κ2) is 6.68. The smallest absolute Gasteiger partial charge is 0.236 e. The van der Waals surface area contributed by atoms with Gasteiger partial charge in [0.15, 0.2) is 0 Å². The maximum absolute atomic E-state index is 11.4. The minimum atomic E-state index is -0.415. The second-order valence-corrected chi connectivity index (χ2v) is 5.41. The summed E-state index contributed by atoms with van der Waals surface area (Å²) < 4.78 is 0. The molecule has 2 rings (SSSR count). The van der Waals surface area contributed by atoms with E-state index in [9.17, 15) is 4.79 Å².